The SMILES string of the molecule is O=C(C1CCCNC1)N1CCOc2cc(S(=O)(=O)c3ccccc3)ccc21. The summed E-state index contributed by atoms with van der Waals surface area (Å²) in [5.41, 5.74) is 0.642. The topological polar surface area (TPSA) is 75.7 Å². The van der Waals surface area contributed by atoms with Crippen molar-refractivity contribution in [2.45, 2.75) is 22.6 Å². The van der Waals surface area contributed by atoms with E-state index in [1.807, 2.05) is 0 Å². The van der Waals surface area contributed by atoms with E-state index < -0.39 is 9.84 Å². The second-order valence-electron chi connectivity index (χ2n) is 6.83. The fraction of sp³-hybridized carbons (Fsp3) is 0.350. The minimum Gasteiger partial charge on any atom is -0.489 e. The maximum Gasteiger partial charge on any atom is 0.231 e. The summed E-state index contributed by atoms with van der Waals surface area (Å²) in [5.74, 6) is 0.471. The fourth-order valence-corrected chi connectivity index (χ4v) is 4.91. The number of piperidine rings is 1. The first kappa shape index (κ1) is 18.0. The van der Waals surface area contributed by atoms with Crippen LogP contribution < -0.4 is 15.0 Å². The summed E-state index contributed by atoms with van der Waals surface area (Å²) < 4.78 is 31.4. The maximum atomic E-state index is 12.9. The van der Waals surface area contributed by atoms with Gasteiger partial charge in [-0.2, -0.15) is 0 Å². The molecule has 2 aromatic rings. The van der Waals surface area contributed by atoms with Crippen molar-refractivity contribution in [3.05, 3.63) is 48.5 Å². The summed E-state index contributed by atoms with van der Waals surface area (Å²) >= 11 is 0. The number of sulfone groups is 1. The molecule has 1 unspecified atom stereocenters. The van der Waals surface area contributed by atoms with Crippen LogP contribution in [0.2, 0.25) is 0 Å². The van der Waals surface area contributed by atoms with Gasteiger partial charge in [-0.15, -0.1) is 0 Å². The lowest BCUT2D eigenvalue weighted by molar-refractivity contribution is -0.123. The highest BCUT2D eigenvalue weighted by Gasteiger charge is 2.31. The first-order valence-corrected chi connectivity index (χ1v) is 10.6. The van der Waals surface area contributed by atoms with E-state index in [-0.39, 0.29) is 21.6 Å². The van der Waals surface area contributed by atoms with Crippen molar-refractivity contribution in [2.75, 3.05) is 31.1 Å². The molecule has 1 saturated heterocycles. The van der Waals surface area contributed by atoms with Crippen LogP contribution in [0.25, 0.3) is 0 Å². The lowest BCUT2D eigenvalue weighted by Gasteiger charge is -2.33. The molecule has 6 nitrogen and oxygen atoms in total. The number of hydrogen-bond donors (Lipinski definition) is 1. The molecule has 0 spiro atoms. The van der Waals surface area contributed by atoms with Crippen LogP contribution in [0.3, 0.4) is 0 Å². The molecule has 1 amide bonds. The number of amides is 1. The summed E-state index contributed by atoms with van der Waals surface area (Å²) in [4.78, 5) is 15.1. The van der Waals surface area contributed by atoms with E-state index in [1.54, 1.807) is 47.4 Å². The van der Waals surface area contributed by atoms with Crippen molar-refractivity contribution >= 4 is 21.4 Å². The number of carbonyl (C=O) groups is 1. The zero-order valence-electron chi connectivity index (χ0n) is 14.9. The second kappa shape index (κ2) is 7.32. The van der Waals surface area contributed by atoms with Crippen LogP contribution in [0.15, 0.2) is 58.3 Å². The van der Waals surface area contributed by atoms with E-state index in [0.717, 1.165) is 19.4 Å². The lowest BCUT2D eigenvalue weighted by Crippen LogP contribution is -2.46. The first-order valence-electron chi connectivity index (χ1n) is 9.16. The van der Waals surface area contributed by atoms with Crippen LogP contribution in [0.5, 0.6) is 5.75 Å². The van der Waals surface area contributed by atoms with E-state index >= 15 is 0 Å². The van der Waals surface area contributed by atoms with Crippen molar-refractivity contribution in [3.63, 3.8) is 0 Å². The number of anilines is 1. The van der Waals surface area contributed by atoms with Gasteiger partial charge in [-0.25, -0.2) is 8.42 Å². The minimum atomic E-state index is -3.62. The molecular weight excluding hydrogens is 364 g/mol. The van der Waals surface area contributed by atoms with Crippen LogP contribution in [0, 0.1) is 5.92 Å². The smallest absolute Gasteiger partial charge is 0.231 e. The highest BCUT2D eigenvalue weighted by Crippen LogP contribution is 2.36. The molecule has 1 fully saturated rings. The van der Waals surface area contributed by atoms with Crippen LogP contribution in [0.1, 0.15) is 12.8 Å². The molecule has 0 bridgehead atoms. The summed E-state index contributed by atoms with van der Waals surface area (Å²) in [5, 5.41) is 3.27. The first-order chi connectivity index (χ1) is 13.1. The number of benzene rings is 2. The van der Waals surface area contributed by atoms with Crippen molar-refractivity contribution < 1.29 is 17.9 Å². The largest absolute Gasteiger partial charge is 0.489 e. The lowest BCUT2D eigenvalue weighted by atomic mass is 9.97. The average molecular weight is 386 g/mol. The van der Waals surface area contributed by atoms with Gasteiger partial charge in [0, 0.05) is 12.6 Å². The third-order valence-corrected chi connectivity index (χ3v) is 6.84. The molecular formula is C20H22N2O4S. The molecule has 7 heteroatoms. The van der Waals surface area contributed by atoms with Gasteiger partial charge < -0.3 is 15.0 Å². The Morgan fingerprint density at radius 3 is 2.67 bits per heavy atom. The third-order valence-electron chi connectivity index (χ3n) is 5.07. The standard InChI is InChI=1S/C20H22N2O4S/c23-20(15-5-4-10-21-14-15)22-11-12-26-19-13-17(8-9-18(19)22)27(24,25)16-6-2-1-3-7-16/h1-3,6-9,13,15,21H,4-5,10-12,14H2. The molecule has 2 aliphatic rings. The van der Waals surface area contributed by atoms with Gasteiger partial charge in [0.05, 0.1) is 27.9 Å². The Labute approximate surface area is 159 Å². The molecule has 0 aliphatic carbocycles. The number of hydrogen-bond acceptors (Lipinski definition) is 5. The Morgan fingerprint density at radius 2 is 1.93 bits per heavy atom. The fourth-order valence-electron chi connectivity index (χ4n) is 3.62. The number of rotatable bonds is 3. The van der Waals surface area contributed by atoms with E-state index in [4.69, 9.17) is 4.74 Å². The van der Waals surface area contributed by atoms with E-state index in [9.17, 15) is 13.2 Å². The summed E-state index contributed by atoms with van der Waals surface area (Å²) in [6, 6.07) is 13.1. The molecule has 1 N–H and O–H groups in total. The summed E-state index contributed by atoms with van der Waals surface area (Å²) in [6.45, 7) is 2.47. The summed E-state index contributed by atoms with van der Waals surface area (Å²) in [7, 11) is -3.62. The van der Waals surface area contributed by atoms with Gasteiger partial charge in [0.1, 0.15) is 12.4 Å². The van der Waals surface area contributed by atoms with E-state index in [0.29, 0.717) is 31.1 Å². The predicted molar refractivity (Wildman–Crippen MR) is 102 cm³/mol. The minimum absolute atomic E-state index is 0.0440. The number of carbonyl (C=O) groups excluding carboxylic acids is 1. The Balaban J connectivity index is 1.65. The normalized spacial score (nSPS) is 19.9. The van der Waals surface area contributed by atoms with Crippen molar-refractivity contribution in [1.29, 1.82) is 0 Å². The van der Waals surface area contributed by atoms with Gasteiger partial charge >= 0.3 is 0 Å². The van der Waals surface area contributed by atoms with Gasteiger partial charge in [-0.05, 0) is 43.7 Å². The van der Waals surface area contributed by atoms with Crippen LogP contribution >= 0.6 is 0 Å². The van der Waals surface area contributed by atoms with Crippen LogP contribution in [-0.2, 0) is 14.6 Å². The molecule has 2 aliphatic heterocycles. The Hall–Kier alpha value is -2.38. The number of ether oxygens (including phenoxy) is 1. The van der Waals surface area contributed by atoms with Gasteiger partial charge in [-0.1, -0.05) is 18.2 Å². The van der Waals surface area contributed by atoms with Crippen molar-refractivity contribution in [3.8, 4) is 5.75 Å². The molecule has 0 radical (unpaired) electrons. The van der Waals surface area contributed by atoms with E-state index in [2.05, 4.69) is 5.32 Å². The Kier molecular flexibility index (Phi) is 4.88. The van der Waals surface area contributed by atoms with Gasteiger partial charge in [0.25, 0.3) is 0 Å². The average Bonchev–Trinajstić information content (AvgIpc) is 2.73. The number of nitrogens with zero attached hydrogens (tertiary/aromatic N) is 1. The molecule has 142 valence electrons. The molecule has 27 heavy (non-hydrogen) atoms. The molecule has 0 saturated carbocycles. The molecule has 0 aromatic heterocycles. The van der Waals surface area contributed by atoms with Gasteiger partial charge in [-0.3, -0.25) is 4.79 Å². The van der Waals surface area contributed by atoms with Gasteiger partial charge in [0.15, 0.2) is 0 Å². The molecule has 2 heterocycles. The van der Waals surface area contributed by atoms with Crippen LogP contribution in [-0.4, -0.2) is 40.6 Å². The molecule has 4 rings (SSSR count). The summed E-state index contributed by atoms with van der Waals surface area (Å²) in [6.07, 6.45) is 1.86. The van der Waals surface area contributed by atoms with Crippen molar-refractivity contribution in [1.82, 2.24) is 5.32 Å². The Morgan fingerprint density at radius 1 is 1.11 bits per heavy atom. The quantitative estimate of drug-likeness (QED) is 0.876. The maximum absolute atomic E-state index is 12.9. The Bertz CT molecular complexity index is 938. The predicted octanol–water partition coefficient (Wildman–Crippen LogP) is 2.24. The second-order valence-corrected chi connectivity index (χ2v) is 8.78. The third kappa shape index (κ3) is 3.44. The number of fused-ring (bicyclic) bond motifs is 1. The monoisotopic (exact) mass is 386 g/mol. The van der Waals surface area contributed by atoms with E-state index in [1.165, 1.54) is 6.07 Å². The molecule has 1 atom stereocenters. The highest BCUT2D eigenvalue weighted by molar-refractivity contribution is 7.91. The number of nitrogens with one attached hydrogen (secondary N) is 1. The van der Waals surface area contributed by atoms with Gasteiger partial charge in [0.2, 0.25) is 15.7 Å². The van der Waals surface area contributed by atoms with Crippen molar-refractivity contribution in [2.24, 2.45) is 5.92 Å². The zero-order chi connectivity index (χ0) is 18.9. The zero-order valence-corrected chi connectivity index (χ0v) is 15.7. The highest BCUT2D eigenvalue weighted by atomic mass is 32.2. The van der Waals surface area contributed by atoms with Crippen LogP contribution in [0.4, 0.5) is 5.69 Å². The molecule has 2 aromatic carbocycles.